The number of hydrogen-bond acceptors (Lipinski definition) is 3. The third kappa shape index (κ3) is 5.00. The number of sulfonamides is 1. The fourth-order valence-corrected chi connectivity index (χ4v) is 3.14. The van der Waals surface area contributed by atoms with Crippen LogP contribution >= 0.6 is 0 Å². The van der Waals surface area contributed by atoms with Gasteiger partial charge in [0.15, 0.2) is 0 Å². The number of aliphatic carboxylic acids is 1. The van der Waals surface area contributed by atoms with Gasteiger partial charge in [-0.25, -0.2) is 13.1 Å². The summed E-state index contributed by atoms with van der Waals surface area (Å²) in [4.78, 5) is 11.1. The molecule has 19 heavy (non-hydrogen) atoms. The van der Waals surface area contributed by atoms with E-state index in [0.717, 1.165) is 0 Å². The summed E-state index contributed by atoms with van der Waals surface area (Å²) < 4.78 is 26.2. The van der Waals surface area contributed by atoms with Crippen molar-refractivity contribution in [2.75, 3.05) is 0 Å². The highest BCUT2D eigenvalue weighted by molar-refractivity contribution is 7.88. The number of carbonyl (C=O) groups is 1. The lowest BCUT2D eigenvalue weighted by molar-refractivity contribution is -0.141. The van der Waals surface area contributed by atoms with Crippen LogP contribution < -0.4 is 4.72 Å². The van der Waals surface area contributed by atoms with E-state index in [1.165, 1.54) is 0 Å². The van der Waals surface area contributed by atoms with Gasteiger partial charge in [-0.2, -0.15) is 0 Å². The molecular formula is C13H19NO4S. The molecule has 106 valence electrons. The molecule has 1 aromatic rings. The van der Waals surface area contributed by atoms with E-state index in [1.807, 2.05) is 0 Å². The second-order valence-electron chi connectivity index (χ2n) is 5.50. The summed E-state index contributed by atoms with van der Waals surface area (Å²) in [5.41, 5.74) is -0.0803. The Labute approximate surface area is 113 Å². The molecule has 0 heterocycles. The van der Waals surface area contributed by atoms with E-state index in [4.69, 9.17) is 5.11 Å². The standard InChI is InChI=1S/C13H19NO4S/c1-13(2,3)11(12(15)16)14-19(17,18)9-10-7-5-4-6-8-10/h4-8,11,14H,9H2,1-3H3,(H,15,16)/t11-/m0/s1. The molecule has 1 rings (SSSR count). The van der Waals surface area contributed by atoms with E-state index in [2.05, 4.69) is 4.72 Å². The zero-order chi connectivity index (χ0) is 14.7. The molecular weight excluding hydrogens is 266 g/mol. The molecule has 0 aliphatic carbocycles. The second kappa shape index (κ2) is 5.71. The Bertz CT molecular complexity index is 532. The molecule has 0 aromatic heterocycles. The van der Waals surface area contributed by atoms with Crippen molar-refractivity contribution >= 4 is 16.0 Å². The van der Waals surface area contributed by atoms with E-state index in [9.17, 15) is 13.2 Å². The number of nitrogens with one attached hydrogen (secondary N) is 1. The zero-order valence-electron chi connectivity index (χ0n) is 11.3. The van der Waals surface area contributed by atoms with Crippen molar-refractivity contribution in [3.8, 4) is 0 Å². The summed E-state index contributed by atoms with van der Waals surface area (Å²) in [6.07, 6.45) is 0. The molecule has 0 fully saturated rings. The average molecular weight is 285 g/mol. The third-order valence-corrected chi connectivity index (χ3v) is 3.92. The van der Waals surface area contributed by atoms with Crippen LogP contribution in [-0.2, 0) is 20.6 Å². The van der Waals surface area contributed by atoms with Crippen molar-refractivity contribution in [1.29, 1.82) is 0 Å². The van der Waals surface area contributed by atoms with E-state index in [1.54, 1.807) is 51.1 Å². The largest absolute Gasteiger partial charge is 0.480 e. The van der Waals surface area contributed by atoms with Gasteiger partial charge in [0, 0.05) is 0 Å². The van der Waals surface area contributed by atoms with Crippen LogP contribution in [0.5, 0.6) is 0 Å². The topological polar surface area (TPSA) is 83.5 Å². The SMILES string of the molecule is CC(C)(C)[C@@H](NS(=O)(=O)Cc1ccccc1)C(=O)O. The number of benzene rings is 1. The van der Waals surface area contributed by atoms with E-state index >= 15 is 0 Å². The van der Waals surface area contributed by atoms with Crippen molar-refractivity contribution in [1.82, 2.24) is 4.72 Å². The first kappa shape index (κ1) is 15.7. The minimum atomic E-state index is -3.69. The summed E-state index contributed by atoms with van der Waals surface area (Å²) in [6.45, 7) is 5.03. The first-order valence-corrected chi connectivity index (χ1v) is 7.54. The summed E-state index contributed by atoms with van der Waals surface area (Å²) in [6, 6.07) is 7.49. The lowest BCUT2D eigenvalue weighted by Crippen LogP contribution is -2.49. The normalized spacial score (nSPS) is 14.1. The quantitative estimate of drug-likeness (QED) is 0.861. The number of carboxylic acids is 1. The Hall–Kier alpha value is -1.40. The summed E-state index contributed by atoms with van der Waals surface area (Å²) in [5, 5.41) is 9.11. The summed E-state index contributed by atoms with van der Waals surface area (Å²) in [5.74, 6) is -1.41. The van der Waals surface area contributed by atoms with Gasteiger partial charge < -0.3 is 5.11 Å². The lowest BCUT2D eigenvalue weighted by atomic mass is 9.88. The molecule has 0 aliphatic rings. The van der Waals surface area contributed by atoms with Gasteiger partial charge in [-0.15, -0.1) is 0 Å². The molecule has 2 N–H and O–H groups in total. The van der Waals surface area contributed by atoms with Crippen molar-refractivity contribution in [3.05, 3.63) is 35.9 Å². The molecule has 0 amide bonds. The van der Waals surface area contributed by atoms with E-state index in [-0.39, 0.29) is 5.75 Å². The molecule has 0 spiro atoms. The van der Waals surface area contributed by atoms with Gasteiger partial charge in [-0.05, 0) is 11.0 Å². The molecule has 0 unspecified atom stereocenters. The van der Waals surface area contributed by atoms with Gasteiger partial charge in [0.25, 0.3) is 0 Å². The minimum absolute atomic E-state index is 0.228. The first-order chi connectivity index (χ1) is 8.62. The van der Waals surface area contributed by atoms with Gasteiger partial charge in [-0.1, -0.05) is 51.1 Å². The summed E-state index contributed by atoms with van der Waals surface area (Å²) >= 11 is 0. The van der Waals surface area contributed by atoms with Crippen LogP contribution in [0.25, 0.3) is 0 Å². The Balaban J connectivity index is 2.87. The molecule has 5 nitrogen and oxygen atoms in total. The van der Waals surface area contributed by atoms with Crippen LogP contribution in [0, 0.1) is 5.41 Å². The van der Waals surface area contributed by atoms with Gasteiger partial charge in [0.1, 0.15) is 6.04 Å². The van der Waals surface area contributed by atoms with Crippen LogP contribution in [0.1, 0.15) is 26.3 Å². The van der Waals surface area contributed by atoms with Gasteiger partial charge in [0.2, 0.25) is 10.0 Å². The van der Waals surface area contributed by atoms with Crippen molar-refractivity contribution < 1.29 is 18.3 Å². The van der Waals surface area contributed by atoms with Crippen LogP contribution in [0.4, 0.5) is 0 Å². The third-order valence-electron chi connectivity index (χ3n) is 2.61. The molecule has 0 saturated carbocycles. The van der Waals surface area contributed by atoms with Crippen molar-refractivity contribution in [3.63, 3.8) is 0 Å². The molecule has 0 radical (unpaired) electrons. The molecule has 6 heteroatoms. The van der Waals surface area contributed by atoms with Gasteiger partial charge in [-0.3, -0.25) is 4.79 Å². The maximum absolute atomic E-state index is 12.0. The fraction of sp³-hybridized carbons (Fsp3) is 0.462. The maximum atomic E-state index is 12.0. The van der Waals surface area contributed by atoms with Crippen molar-refractivity contribution in [2.24, 2.45) is 5.41 Å². The smallest absolute Gasteiger partial charge is 0.322 e. The molecule has 1 aromatic carbocycles. The first-order valence-electron chi connectivity index (χ1n) is 5.88. The highest BCUT2D eigenvalue weighted by atomic mass is 32.2. The van der Waals surface area contributed by atoms with E-state index < -0.39 is 27.4 Å². The van der Waals surface area contributed by atoms with Crippen molar-refractivity contribution in [2.45, 2.75) is 32.6 Å². The maximum Gasteiger partial charge on any atom is 0.322 e. The Morgan fingerprint density at radius 2 is 1.79 bits per heavy atom. The second-order valence-corrected chi connectivity index (χ2v) is 7.25. The Morgan fingerprint density at radius 3 is 2.21 bits per heavy atom. The molecule has 0 saturated heterocycles. The average Bonchev–Trinajstić information content (AvgIpc) is 2.25. The van der Waals surface area contributed by atoms with Crippen LogP contribution in [0.3, 0.4) is 0 Å². The molecule has 0 bridgehead atoms. The lowest BCUT2D eigenvalue weighted by Gasteiger charge is -2.27. The predicted molar refractivity (Wildman–Crippen MR) is 73.1 cm³/mol. The zero-order valence-corrected chi connectivity index (χ0v) is 12.1. The van der Waals surface area contributed by atoms with Gasteiger partial charge >= 0.3 is 5.97 Å². The fourth-order valence-electron chi connectivity index (χ4n) is 1.61. The highest BCUT2D eigenvalue weighted by Crippen LogP contribution is 2.20. The summed E-state index contributed by atoms with van der Waals surface area (Å²) in [7, 11) is -3.69. The molecule has 0 aliphatic heterocycles. The predicted octanol–water partition coefficient (Wildman–Crippen LogP) is 1.61. The van der Waals surface area contributed by atoms with Crippen LogP contribution in [-0.4, -0.2) is 25.5 Å². The molecule has 1 atom stereocenters. The number of rotatable bonds is 5. The number of hydrogen-bond donors (Lipinski definition) is 2. The van der Waals surface area contributed by atoms with Gasteiger partial charge in [0.05, 0.1) is 5.75 Å². The Kier molecular flexibility index (Phi) is 4.70. The minimum Gasteiger partial charge on any atom is -0.480 e. The number of carboxylic acid groups (broad SMARTS) is 1. The van der Waals surface area contributed by atoms with Crippen LogP contribution in [0.2, 0.25) is 0 Å². The van der Waals surface area contributed by atoms with Crippen LogP contribution in [0.15, 0.2) is 30.3 Å². The monoisotopic (exact) mass is 285 g/mol. The Morgan fingerprint density at radius 1 is 1.26 bits per heavy atom. The highest BCUT2D eigenvalue weighted by Gasteiger charge is 2.34. The van der Waals surface area contributed by atoms with E-state index in [0.29, 0.717) is 5.56 Å².